The van der Waals surface area contributed by atoms with Crippen molar-refractivity contribution in [1.29, 1.82) is 0 Å². The normalized spacial score (nSPS) is 10.3. The molecule has 0 radical (unpaired) electrons. The van der Waals surface area contributed by atoms with Crippen LogP contribution in [0, 0.1) is 0 Å². The Hall–Kier alpha value is -1.97. The van der Waals surface area contributed by atoms with Crippen LogP contribution in [0.5, 0.6) is 5.75 Å². The van der Waals surface area contributed by atoms with E-state index in [0.29, 0.717) is 0 Å². The molecule has 0 aliphatic carbocycles. The molecule has 4 nitrogen and oxygen atoms in total. The predicted octanol–water partition coefficient (Wildman–Crippen LogP) is 2.82. The summed E-state index contributed by atoms with van der Waals surface area (Å²) in [5, 5.41) is 7.64. The molecule has 2 rings (SSSR count). The van der Waals surface area contributed by atoms with Gasteiger partial charge in [0.15, 0.2) is 0 Å². The van der Waals surface area contributed by atoms with Crippen molar-refractivity contribution in [2.24, 2.45) is 7.05 Å². The molecule has 1 aromatic heterocycles. The lowest BCUT2D eigenvalue weighted by Gasteiger charge is -2.07. The summed E-state index contributed by atoms with van der Waals surface area (Å²) < 4.78 is 7.34. The predicted molar refractivity (Wildman–Crippen MR) is 72.8 cm³/mol. The topological polar surface area (TPSA) is 39.1 Å². The van der Waals surface area contributed by atoms with Crippen molar-refractivity contribution in [2.45, 2.75) is 19.9 Å². The van der Waals surface area contributed by atoms with Crippen molar-refractivity contribution in [3.63, 3.8) is 0 Å². The third-order valence-corrected chi connectivity index (χ3v) is 2.57. The number of rotatable bonds is 6. The zero-order chi connectivity index (χ0) is 12.8. The molecule has 0 saturated carbocycles. The lowest BCUT2D eigenvalue weighted by atomic mass is 10.3. The molecule has 0 bridgehead atoms. The maximum atomic E-state index is 5.53. The highest BCUT2D eigenvalue weighted by Gasteiger charge is 1.98. The van der Waals surface area contributed by atoms with Gasteiger partial charge in [0.1, 0.15) is 5.75 Å². The van der Waals surface area contributed by atoms with E-state index in [1.807, 2.05) is 43.6 Å². The van der Waals surface area contributed by atoms with E-state index < -0.39 is 0 Å². The Balaban J connectivity index is 1.86. The Labute approximate surface area is 108 Å². The van der Waals surface area contributed by atoms with Crippen LogP contribution in [-0.4, -0.2) is 16.4 Å². The molecule has 0 amide bonds. The molecule has 1 aromatic carbocycles. The van der Waals surface area contributed by atoms with E-state index in [1.165, 1.54) is 0 Å². The summed E-state index contributed by atoms with van der Waals surface area (Å²) >= 11 is 0. The number of aromatic nitrogens is 2. The van der Waals surface area contributed by atoms with Gasteiger partial charge in [0.2, 0.25) is 0 Å². The summed E-state index contributed by atoms with van der Waals surface area (Å²) in [5.74, 6) is 0.917. The summed E-state index contributed by atoms with van der Waals surface area (Å²) in [4.78, 5) is 0. The lowest BCUT2D eigenvalue weighted by molar-refractivity contribution is 0.317. The van der Waals surface area contributed by atoms with Crippen molar-refractivity contribution in [3.05, 3.63) is 42.2 Å². The fourth-order valence-corrected chi connectivity index (χ4v) is 1.64. The number of ether oxygens (including phenoxy) is 1. The number of hydrogen-bond acceptors (Lipinski definition) is 3. The van der Waals surface area contributed by atoms with Crippen molar-refractivity contribution >= 4 is 5.69 Å². The Morgan fingerprint density at radius 3 is 2.61 bits per heavy atom. The molecule has 1 N–H and O–H groups in total. The van der Waals surface area contributed by atoms with Crippen molar-refractivity contribution in [2.75, 3.05) is 11.9 Å². The Bertz CT molecular complexity index is 476. The van der Waals surface area contributed by atoms with E-state index >= 15 is 0 Å². The van der Waals surface area contributed by atoms with Gasteiger partial charge in [-0.2, -0.15) is 5.10 Å². The van der Waals surface area contributed by atoms with Gasteiger partial charge in [-0.25, -0.2) is 0 Å². The van der Waals surface area contributed by atoms with Crippen LogP contribution in [0.3, 0.4) is 0 Å². The molecule has 96 valence electrons. The second kappa shape index (κ2) is 6.10. The SMILES string of the molecule is CCCOc1ccc(NCc2ccn(C)n2)cc1. The van der Waals surface area contributed by atoms with Crippen LogP contribution >= 0.6 is 0 Å². The average Bonchev–Trinajstić information content (AvgIpc) is 2.81. The smallest absolute Gasteiger partial charge is 0.119 e. The van der Waals surface area contributed by atoms with Crippen LogP contribution in [0.4, 0.5) is 5.69 Å². The number of aryl methyl sites for hydroxylation is 1. The molecule has 4 heteroatoms. The quantitative estimate of drug-likeness (QED) is 0.850. The summed E-state index contributed by atoms with van der Waals surface area (Å²) in [6, 6.07) is 10.0. The molecule has 0 saturated heterocycles. The largest absolute Gasteiger partial charge is 0.494 e. The number of anilines is 1. The van der Waals surface area contributed by atoms with Crippen molar-refractivity contribution in [1.82, 2.24) is 9.78 Å². The zero-order valence-corrected chi connectivity index (χ0v) is 10.9. The first-order valence-electron chi connectivity index (χ1n) is 6.23. The highest BCUT2D eigenvalue weighted by atomic mass is 16.5. The fourth-order valence-electron chi connectivity index (χ4n) is 1.64. The number of benzene rings is 1. The average molecular weight is 245 g/mol. The van der Waals surface area contributed by atoms with E-state index in [2.05, 4.69) is 17.3 Å². The summed E-state index contributed by atoms with van der Waals surface area (Å²) in [6.45, 7) is 3.60. The third-order valence-electron chi connectivity index (χ3n) is 2.57. The molecular weight excluding hydrogens is 226 g/mol. The van der Waals surface area contributed by atoms with Gasteiger partial charge in [-0.05, 0) is 36.8 Å². The minimum atomic E-state index is 0.732. The third kappa shape index (κ3) is 3.52. The summed E-state index contributed by atoms with van der Waals surface area (Å²) in [5.41, 5.74) is 2.10. The fraction of sp³-hybridized carbons (Fsp3) is 0.357. The highest BCUT2D eigenvalue weighted by Crippen LogP contribution is 2.16. The molecule has 0 spiro atoms. The van der Waals surface area contributed by atoms with Gasteiger partial charge >= 0.3 is 0 Å². The minimum Gasteiger partial charge on any atom is -0.494 e. The Morgan fingerprint density at radius 2 is 2.00 bits per heavy atom. The zero-order valence-electron chi connectivity index (χ0n) is 10.9. The van der Waals surface area contributed by atoms with E-state index in [9.17, 15) is 0 Å². The second-order valence-corrected chi connectivity index (χ2v) is 4.21. The maximum absolute atomic E-state index is 5.53. The number of nitrogens with zero attached hydrogens (tertiary/aromatic N) is 2. The van der Waals surface area contributed by atoms with Crippen LogP contribution in [-0.2, 0) is 13.6 Å². The van der Waals surface area contributed by atoms with Gasteiger partial charge < -0.3 is 10.1 Å². The van der Waals surface area contributed by atoms with Crippen molar-refractivity contribution < 1.29 is 4.74 Å². The molecule has 0 atom stereocenters. The molecule has 1 heterocycles. The molecule has 18 heavy (non-hydrogen) atoms. The molecule has 0 fully saturated rings. The van der Waals surface area contributed by atoms with Gasteiger partial charge in [0, 0.05) is 18.9 Å². The minimum absolute atomic E-state index is 0.732. The number of nitrogens with one attached hydrogen (secondary N) is 1. The Kier molecular flexibility index (Phi) is 4.23. The first-order chi connectivity index (χ1) is 8.78. The molecule has 0 aliphatic heterocycles. The van der Waals surface area contributed by atoms with Gasteiger partial charge in [-0.1, -0.05) is 6.92 Å². The lowest BCUT2D eigenvalue weighted by Crippen LogP contribution is -2.01. The first-order valence-corrected chi connectivity index (χ1v) is 6.23. The van der Waals surface area contributed by atoms with Crippen LogP contribution < -0.4 is 10.1 Å². The molecule has 0 unspecified atom stereocenters. The van der Waals surface area contributed by atoms with Gasteiger partial charge in [0.05, 0.1) is 18.8 Å². The first kappa shape index (κ1) is 12.5. The Morgan fingerprint density at radius 1 is 1.22 bits per heavy atom. The monoisotopic (exact) mass is 245 g/mol. The highest BCUT2D eigenvalue weighted by molar-refractivity contribution is 5.46. The van der Waals surface area contributed by atoms with E-state index in [-0.39, 0.29) is 0 Å². The molecule has 2 aromatic rings. The van der Waals surface area contributed by atoms with E-state index in [0.717, 1.165) is 36.7 Å². The van der Waals surface area contributed by atoms with Gasteiger partial charge in [0.25, 0.3) is 0 Å². The maximum Gasteiger partial charge on any atom is 0.119 e. The van der Waals surface area contributed by atoms with Crippen LogP contribution in [0.25, 0.3) is 0 Å². The second-order valence-electron chi connectivity index (χ2n) is 4.21. The van der Waals surface area contributed by atoms with Crippen molar-refractivity contribution in [3.8, 4) is 5.75 Å². The van der Waals surface area contributed by atoms with Crippen LogP contribution in [0.1, 0.15) is 19.0 Å². The van der Waals surface area contributed by atoms with Gasteiger partial charge in [-0.3, -0.25) is 4.68 Å². The standard InChI is InChI=1S/C14H19N3O/c1-3-10-18-14-6-4-12(5-7-14)15-11-13-8-9-17(2)16-13/h4-9,15H,3,10-11H2,1-2H3. The summed E-state index contributed by atoms with van der Waals surface area (Å²) in [6.07, 6.45) is 2.97. The van der Waals surface area contributed by atoms with E-state index in [4.69, 9.17) is 4.74 Å². The van der Waals surface area contributed by atoms with Crippen LogP contribution in [0.15, 0.2) is 36.5 Å². The number of hydrogen-bond donors (Lipinski definition) is 1. The van der Waals surface area contributed by atoms with Gasteiger partial charge in [-0.15, -0.1) is 0 Å². The molecule has 0 aliphatic rings. The van der Waals surface area contributed by atoms with Crippen LogP contribution in [0.2, 0.25) is 0 Å². The van der Waals surface area contributed by atoms with E-state index in [1.54, 1.807) is 4.68 Å². The molecular formula is C14H19N3O. The summed E-state index contributed by atoms with van der Waals surface area (Å²) in [7, 11) is 1.92.